The normalized spacial score (nSPS) is 12.7. The standard InChI is InChI=1S/2C14H25BrF2O5S.C12H15OS.Na/c2*15-11-9-7-5-3-1-2-4-6-8-10-12-20-13(18)14(16,17)23-22-21-19;13-12(10-14-8-4-5-9-14)11-6-2-1-3-7-11;/h2*19H,1-12H2;1-3,6-7H,4-5,8-10H2;/q;;2*+1/p-2. The Bertz CT molecular complexity index is 1130. The number of benzene rings is 1. The van der Waals surface area contributed by atoms with Crippen LogP contribution in [0.15, 0.2) is 30.3 Å². The number of ether oxygens (including phenoxy) is 2. The minimum absolute atomic E-state index is 0. The van der Waals surface area contributed by atoms with E-state index in [0.717, 1.165) is 60.5 Å². The van der Waals surface area contributed by atoms with Crippen LogP contribution in [-0.2, 0) is 48.7 Å². The number of Topliss-reactive ketones (excluding diaryl/α,β-unsaturated/α-hetero) is 1. The first-order valence-corrected chi connectivity index (χ1v) is 26.1. The Morgan fingerprint density at radius 2 is 0.902 bits per heavy atom. The average molecular weight is 1070 g/mol. The van der Waals surface area contributed by atoms with E-state index in [4.69, 9.17) is 0 Å². The van der Waals surface area contributed by atoms with Gasteiger partial charge in [-0.15, -0.1) is 0 Å². The number of esters is 2. The molecule has 0 saturated carbocycles. The fourth-order valence-electron chi connectivity index (χ4n) is 5.65. The maximum absolute atomic E-state index is 13.0. The topological polar surface area (TPSA) is 153 Å². The molecule has 0 radical (unpaired) electrons. The molecule has 0 unspecified atom stereocenters. The molecule has 61 heavy (non-hydrogen) atoms. The molecule has 1 aliphatic rings. The van der Waals surface area contributed by atoms with Gasteiger partial charge in [-0.1, -0.05) is 165 Å². The molecule has 1 saturated heterocycles. The largest absolute Gasteiger partial charge is 1.00 e. The zero-order valence-corrected chi connectivity index (χ0v) is 43.0. The van der Waals surface area contributed by atoms with E-state index in [2.05, 4.69) is 60.1 Å². The Hall–Kier alpha value is 0.320. The Kier molecular flexibility index (Phi) is 45.9. The van der Waals surface area contributed by atoms with Gasteiger partial charge in [0.05, 0.1) is 13.2 Å². The summed E-state index contributed by atoms with van der Waals surface area (Å²) in [6, 6.07) is 9.66. The number of carbonyl (C=O) groups is 3. The van der Waals surface area contributed by atoms with Crippen LogP contribution in [0.2, 0.25) is 0 Å². The van der Waals surface area contributed by atoms with Gasteiger partial charge >= 0.3 is 52.0 Å². The molecule has 1 aromatic carbocycles. The van der Waals surface area contributed by atoms with Gasteiger partial charge in [0.1, 0.15) is 35.6 Å². The molecule has 0 amide bonds. The predicted molar refractivity (Wildman–Crippen MR) is 233 cm³/mol. The third kappa shape index (κ3) is 38.2. The van der Waals surface area contributed by atoms with Crippen LogP contribution in [0.3, 0.4) is 0 Å². The fraction of sp³-hybridized carbons (Fsp3) is 0.775. The molecule has 2 rings (SSSR count). The molecule has 0 bridgehead atoms. The van der Waals surface area contributed by atoms with Crippen LogP contribution in [0.5, 0.6) is 0 Å². The molecule has 21 heteroatoms. The summed E-state index contributed by atoms with van der Waals surface area (Å²) in [4.78, 5) is 33.8. The number of alkyl halides is 6. The zero-order valence-electron chi connectivity index (χ0n) is 35.4. The van der Waals surface area contributed by atoms with Crippen molar-refractivity contribution in [2.45, 2.75) is 152 Å². The summed E-state index contributed by atoms with van der Waals surface area (Å²) in [7, 11) is 0.393. The van der Waals surface area contributed by atoms with Gasteiger partial charge in [0.2, 0.25) is 5.78 Å². The molecule has 1 aromatic rings. The predicted octanol–water partition coefficient (Wildman–Crippen LogP) is 7.87. The van der Waals surface area contributed by atoms with Gasteiger partial charge < -0.3 is 20.0 Å². The number of hydrogen-bond acceptors (Lipinski definition) is 13. The molecular weight excluding hydrogens is 1010 g/mol. The van der Waals surface area contributed by atoms with E-state index in [1.807, 2.05) is 30.3 Å². The van der Waals surface area contributed by atoms with Crippen molar-refractivity contribution in [2.75, 3.05) is 41.1 Å². The molecule has 1 heterocycles. The van der Waals surface area contributed by atoms with Crippen LogP contribution < -0.4 is 40.1 Å². The van der Waals surface area contributed by atoms with E-state index in [-0.39, 0.29) is 42.8 Å². The van der Waals surface area contributed by atoms with Gasteiger partial charge in [-0.3, -0.25) is 14.9 Å². The number of halogens is 6. The molecule has 1 aliphatic heterocycles. The summed E-state index contributed by atoms with van der Waals surface area (Å²) in [5.41, 5.74) is 0.881. The first kappa shape index (κ1) is 63.4. The van der Waals surface area contributed by atoms with Crippen molar-refractivity contribution < 1.29 is 100 Å². The number of ketones is 1. The maximum atomic E-state index is 13.0. The Morgan fingerprint density at radius 3 is 1.23 bits per heavy atom. The second-order valence-corrected chi connectivity index (χ2v) is 19.4. The average Bonchev–Trinajstić information content (AvgIpc) is 3.76. The van der Waals surface area contributed by atoms with Gasteiger partial charge in [0, 0.05) is 16.2 Å². The molecule has 0 aliphatic carbocycles. The molecule has 11 nitrogen and oxygen atoms in total. The first-order chi connectivity index (χ1) is 28.9. The third-order valence-electron chi connectivity index (χ3n) is 8.88. The number of hydrogen-bond donors (Lipinski definition) is 0. The Labute approximate surface area is 410 Å². The van der Waals surface area contributed by atoms with Crippen LogP contribution in [0.4, 0.5) is 17.6 Å². The van der Waals surface area contributed by atoms with E-state index in [1.165, 1.54) is 101 Å². The van der Waals surface area contributed by atoms with E-state index in [1.54, 1.807) is 0 Å². The Morgan fingerprint density at radius 1 is 0.574 bits per heavy atom. The van der Waals surface area contributed by atoms with Gasteiger partial charge in [-0.05, 0) is 49.4 Å². The zero-order chi connectivity index (χ0) is 44.6. The summed E-state index contributed by atoms with van der Waals surface area (Å²) >= 11 is 5.46. The minimum Gasteiger partial charge on any atom is -0.691 e. The SMILES string of the molecule is O=C(C[S+]1CCCC1)c1ccccc1.O=C(OCCCCCCCCCCCCBr)C(F)(F)SOO[O-].O=C(OCCCCCCCCCCCCBr)C(F)(F)SOO[O-].[Na+]. The monoisotopic (exact) mass is 1070 g/mol. The summed E-state index contributed by atoms with van der Waals surface area (Å²) < 4.78 is 67.6. The molecule has 0 spiro atoms. The van der Waals surface area contributed by atoms with Crippen LogP contribution in [0, 0.1) is 0 Å². The van der Waals surface area contributed by atoms with E-state index >= 15 is 0 Å². The number of unbranched alkanes of at least 4 members (excludes halogenated alkanes) is 18. The van der Waals surface area contributed by atoms with Crippen molar-refractivity contribution in [1.82, 2.24) is 0 Å². The minimum atomic E-state index is -3.95. The van der Waals surface area contributed by atoms with Gasteiger partial charge in [-0.2, -0.15) is 26.2 Å². The summed E-state index contributed by atoms with van der Waals surface area (Å²) in [6.07, 6.45) is 24.4. The Balaban J connectivity index is 0. The van der Waals surface area contributed by atoms with Crippen LogP contribution in [-0.4, -0.2) is 69.4 Å². The number of rotatable bonds is 35. The molecule has 0 atom stereocenters. The van der Waals surface area contributed by atoms with Crippen molar-refractivity contribution in [2.24, 2.45) is 0 Å². The smallest absolute Gasteiger partial charge is 0.691 e. The second-order valence-electron chi connectivity index (χ2n) is 13.9. The van der Waals surface area contributed by atoms with E-state index in [9.17, 15) is 42.5 Å². The molecule has 0 aromatic heterocycles. The summed E-state index contributed by atoms with van der Waals surface area (Å²) in [5, 5.41) is 18.7. The fourth-order valence-corrected chi connectivity index (χ4v) is 9.18. The molecule has 1 fully saturated rings. The van der Waals surface area contributed by atoms with Crippen molar-refractivity contribution in [3.8, 4) is 0 Å². The van der Waals surface area contributed by atoms with E-state index in [0.29, 0.717) is 29.5 Å². The second kappa shape index (κ2) is 44.2. The van der Waals surface area contributed by atoms with E-state index < -0.39 is 46.5 Å². The van der Waals surface area contributed by atoms with Crippen LogP contribution >= 0.6 is 55.9 Å². The molecule has 350 valence electrons. The molecule has 0 N–H and O–H groups in total. The van der Waals surface area contributed by atoms with Crippen LogP contribution in [0.1, 0.15) is 152 Å². The van der Waals surface area contributed by atoms with Crippen molar-refractivity contribution >= 4 is 84.6 Å². The quantitative estimate of drug-likeness (QED) is 0.00620. The van der Waals surface area contributed by atoms with Crippen molar-refractivity contribution in [3.63, 3.8) is 0 Å². The van der Waals surface area contributed by atoms with Crippen molar-refractivity contribution in [3.05, 3.63) is 35.9 Å². The van der Waals surface area contributed by atoms with Crippen LogP contribution in [0.25, 0.3) is 0 Å². The first-order valence-electron chi connectivity index (χ1n) is 20.7. The maximum Gasteiger partial charge on any atom is 1.00 e. The molecular formula is C40H63Br2F4NaO11S3. The third-order valence-corrected chi connectivity index (χ3v) is 13.4. The number of carbonyl (C=O) groups excluding carboxylic acids is 3. The van der Waals surface area contributed by atoms with Gasteiger partial charge in [-0.25, -0.2) is 9.59 Å². The summed E-state index contributed by atoms with van der Waals surface area (Å²) in [6.45, 7) is -0.139. The summed E-state index contributed by atoms with van der Waals surface area (Å²) in [5.74, 6) is 0.197. The van der Waals surface area contributed by atoms with Crippen molar-refractivity contribution in [1.29, 1.82) is 0 Å². The van der Waals surface area contributed by atoms with Gasteiger partial charge in [0.25, 0.3) is 0 Å². The van der Waals surface area contributed by atoms with Gasteiger partial charge in [0.15, 0.2) is 5.75 Å².